The molecule has 3 heterocycles. The lowest BCUT2D eigenvalue weighted by molar-refractivity contribution is 0.101. The van der Waals surface area contributed by atoms with Crippen molar-refractivity contribution in [1.82, 2.24) is 15.1 Å². The highest BCUT2D eigenvalue weighted by molar-refractivity contribution is 7.13. The molecule has 6 nitrogen and oxygen atoms in total. The minimum atomic E-state index is 0.0999. The molecule has 0 aliphatic carbocycles. The molecule has 1 fully saturated rings. The van der Waals surface area contributed by atoms with Gasteiger partial charge in [-0.15, -0.1) is 21.5 Å². The molecule has 0 amide bonds. The van der Waals surface area contributed by atoms with Gasteiger partial charge in [-0.1, -0.05) is 6.07 Å². The first-order chi connectivity index (χ1) is 12.7. The topological polar surface area (TPSA) is 62.5 Å². The minimum Gasteiger partial charge on any atom is -0.419 e. The third-order valence-corrected chi connectivity index (χ3v) is 5.43. The van der Waals surface area contributed by atoms with Crippen LogP contribution in [-0.4, -0.2) is 47.1 Å². The van der Waals surface area contributed by atoms with Gasteiger partial charge < -0.3 is 9.32 Å². The Morgan fingerprint density at radius 3 is 2.54 bits per heavy atom. The maximum absolute atomic E-state index is 11.4. The van der Waals surface area contributed by atoms with Crippen molar-refractivity contribution in [2.75, 3.05) is 31.1 Å². The Morgan fingerprint density at radius 2 is 1.88 bits per heavy atom. The van der Waals surface area contributed by atoms with Crippen LogP contribution >= 0.6 is 11.3 Å². The molecule has 1 aliphatic heterocycles. The van der Waals surface area contributed by atoms with E-state index in [0.29, 0.717) is 18.3 Å². The summed E-state index contributed by atoms with van der Waals surface area (Å²) in [5, 5.41) is 10.3. The lowest BCUT2D eigenvalue weighted by Gasteiger charge is -2.35. The maximum Gasteiger partial charge on any atom is 0.257 e. The summed E-state index contributed by atoms with van der Waals surface area (Å²) in [5.74, 6) is 1.36. The molecule has 0 atom stereocenters. The minimum absolute atomic E-state index is 0.0999. The van der Waals surface area contributed by atoms with E-state index in [9.17, 15) is 4.79 Å². The Morgan fingerprint density at radius 1 is 1.12 bits per heavy atom. The summed E-state index contributed by atoms with van der Waals surface area (Å²) in [5.41, 5.74) is 1.91. The second kappa shape index (κ2) is 7.39. The number of piperazine rings is 1. The molecule has 1 aromatic carbocycles. The maximum atomic E-state index is 11.4. The number of rotatable bonds is 5. The Balaban J connectivity index is 1.33. The van der Waals surface area contributed by atoms with Crippen LogP contribution < -0.4 is 4.90 Å². The van der Waals surface area contributed by atoms with Crippen molar-refractivity contribution in [3.8, 4) is 10.8 Å². The monoisotopic (exact) mass is 368 g/mol. The number of thiophene rings is 1. The van der Waals surface area contributed by atoms with Crippen molar-refractivity contribution in [2.24, 2.45) is 0 Å². The van der Waals surface area contributed by atoms with Gasteiger partial charge in [0.25, 0.3) is 5.89 Å². The lowest BCUT2D eigenvalue weighted by atomic mass is 10.1. The number of hydrogen-bond acceptors (Lipinski definition) is 7. The molecule has 7 heteroatoms. The van der Waals surface area contributed by atoms with Crippen molar-refractivity contribution in [1.29, 1.82) is 0 Å². The van der Waals surface area contributed by atoms with Crippen LogP contribution in [0.3, 0.4) is 0 Å². The summed E-state index contributed by atoms with van der Waals surface area (Å²) in [6.45, 7) is 6.01. The van der Waals surface area contributed by atoms with Crippen LogP contribution in [0.25, 0.3) is 10.8 Å². The second-order valence-electron chi connectivity index (χ2n) is 6.34. The number of carbonyl (C=O) groups is 1. The fourth-order valence-electron chi connectivity index (χ4n) is 3.08. The molecule has 0 N–H and O–H groups in total. The highest BCUT2D eigenvalue weighted by Gasteiger charge is 2.20. The zero-order chi connectivity index (χ0) is 17.9. The van der Waals surface area contributed by atoms with Crippen LogP contribution in [0.15, 0.2) is 46.2 Å². The van der Waals surface area contributed by atoms with Crippen molar-refractivity contribution in [3.05, 3.63) is 53.2 Å². The summed E-state index contributed by atoms with van der Waals surface area (Å²) in [6.07, 6.45) is 0. The predicted octanol–water partition coefficient (Wildman–Crippen LogP) is 3.32. The summed E-state index contributed by atoms with van der Waals surface area (Å²) >= 11 is 1.60. The van der Waals surface area contributed by atoms with Crippen molar-refractivity contribution < 1.29 is 9.21 Å². The average Bonchev–Trinajstić information content (AvgIpc) is 3.34. The van der Waals surface area contributed by atoms with Crippen molar-refractivity contribution in [3.63, 3.8) is 0 Å². The Kier molecular flexibility index (Phi) is 4.81. The zero-order valence-corrected chi connectivity index (χ0v) is 15.4. The van der Waals surface area contributed by atoms with Gasteiger partial charge in [0.15, 0.2) is 5.78 Å². The van der Waals surface area contributed by atoms with E-state index in [4.69, 9.17) is 4.42 Å². The highest BCUT2D eigenvalue weighted by atomic mass is 32.1. The number of carbonyl (C=O) groups excluding carboxylic acids is 1. The van der Waals surface area contributed by atoms with Crippen molar-refractivity contribution in [2.45, 2.75) is 13.5 Å². The molecule has 134 valence electrons. The van der Waals surface area contributed by atoms with E-state index < -0.39 is 0 Å². The van der Waals surface area contributed by atoms with Gasteiger partial charge in [0.05, 0.1) is 11.4 Å². The molecule has 1 saturated heterocycles. The third kappa shape index (κ3) is 3.68. The van der Waals surface area contributed by atoms with Crippen LogP contribution in [0.4, 0.5) is 5.69 Å². The molecule has 0 saturated carbocycles. The van der Waals surface area contributed by atoms with Crippen LogP contribution in [0, 0.1) is 0 Å². The first-order valence-corrected chi connectivity index (χ1v) is 9.51. The largest absolute Gasteiger partial charge is 0.419 e. The molecule has 0 spiro atoms. The second-order valence-corrected chi connectivity index (χ2v) is 7.29. The van der Waals surface area contributed by atoms with Crippen LogP contribution in [0.2, 0.25) is 0 Å². The van der Waals surface area contributed by atoms with E-state index in [-0.39, 0.29) is 5.78 Å². The fourth-order valence-corrected chi connectivity index (χ4v) is 3.72. The summed E-state index contributed by atoms with van der Waals surface area (Å²) < 4.78 is 5.78. The van der Waals surface area contributed by atoms with E-state index in [2.05, 4.69) is 20.0 Å². The van der Waals surface area contributed by atoms with E-state index in [1.54, 1.807) is 18.3 Å². The number of nitrogens with zero attached hydrogens (tertiary/aromatic N) is 4. The first-order valence-electron chi connectivity index (χ1n) is 8.63. The quantitative estimate of drug-likeness (QED) is 0.644. The van der Waals surface area contributed by atoms with Gasteiger partial charge in [0.2, 0.25) is 5.89 Å². The Hall–Kier alpha value is -2.51. The van der Waals surface area contributed by atoms with E-state index in [1.165, 1.54) is 0 Å². The van der Waals surface area contributed by atoms with E-state index in [1.807, 2.05) is 41.8 Å². The number of benzene rings is 1. The number of anilines is 1. The Labute approximate surface area is 156 Å². The standard InChI is InChI=1S/C19H20N4O2S/c1-14(24)15-4-6-16(7-5-15)23-10-8-22(9-11-23)13-18-20-21-19(25-18)17-3-2-12-26-17/h2-7,12H,8-11,13H2,1H3. The van der Waals surface area contributed by atoms with Crippen LogP contribution in [0.5, 0.6) is 0 Å². The van der Waals surface area contributed by atoms with Gasteiger partial charge in [-0.25, -0.2) is 0 Å². The zero-order valence-electron chi connectivity index (χ0n) is 14.6. The van der Waals surface area contributed by atoms with E-state index >= 15 is 0 Å². The SMILES string of the molecule is CC(=O)c1ccc(N2CCN(Cc3nnc(-c4cccs4)o3)CC2)cc1. The lowest BCUT2D eigenvalue weighted by Crippen LogP contribution is -2.46. The van der Waals surface area contributed by atoms with Crippen molar-refractivity contribution >= 4 is 22.8 Å². The van der Waals surface area contributed by atoms with Crippen LogP contribution in [0.1, 0.15) is 23.2 Å². The van der Waals surface area contributed by atoms with Gasteiger partial charge in [-0.05, 0) is 42.6 Å². The van der Waals surface area contributed by atoms with Gasteiger partial charge in [-0.2, -0.15) is 0 Å². The molecule has 0 radical (unpaired) electrons. The third-order valence-electron chi connectivity index (χ3n) is 4.57. The molecule has 3 aromatic rings. The van der Waals surface area contributed by atoms with E-state index in [0.717, 1.165) is 42.3 Å². The highest BCUT2D eigenvalue weighted by Crippen LogP contribution is 2.24. The summed E-state index contributed by atoms with van der Waals surface area (Å²) in [4.78, 5) is 17.1. The van der Waals surface area contributed by atoms with Crippen LogP contribution in [-0.2, 0) is 6.54 Å². The molecule has 1 aliphatic rings. The number of aromatic nitrogens is 2. The van der Waals surface area contributed by atoms with Gasteiger partial charge in [-0.3, -0.25) is 9.69 Å². The van der Waals surface area contributed by atoms with Gasteiger partial charge >= 0.3 is 0 Å². The molecule has 26 heavy (non-hydrogen) atoms. The molecular formula is C19H20N4O2S. The predicted molar refractivity (Wildman–Crippen MR) is 102 cm³/mol. The summed E-state index contributed by atoms with van der Waals surface area (Å²) in [7, 11) is 0. The first kappa shape index (κ1) is 16.9. The van der Waals surface area contributed by atoms with Gasteiger partial charge in [0.1, 0.15) is 0 Å². The average molecular weight is 368 g/mol. The summed E-state index contributed by atoms with van der Waals surface area (Å²) in [6, 6.07) is 11.8. The number of ketones is 1. The normalized spacial score (nSPS) is 15.3. The molecular weight excluding hydrogens is 348 g/mol. The smallest absolute Gasteiger partial charge is 0.257 e. The number of hydrogen-bond donors (Lipinski definition) is 0. The molecule has 0 bridgehead atoms. The van der Waals surface area contributed by atoms with Gasteiger partial charge in [0, 0.05) is 37.4 Å². The molecule has 4 rings (SSSR count). The molecule has 2 aromatic heterocycles. The molecule has 0 unspecified atom stereocenters. The fraction of sp³-hybridized carbons (Fsp3) is 0.316. The number of Topliss-reactive ketones (excluding diaryl/α,β-unsaturated/α-hetero) is 1. The Bertz CT molecular complexity index is 865.